The average molecular weight is 246 g/mol. The van der Waals surface area contributed by atoms with Gasteiger partial charge < -0.3 is 10.6 Å². The van der Waals surface area contributed by atoms with Gasteiger partial charge in [-0.2, -0.15) is 0 Å². The molecule has 0 unspecified atom stereocenters. The Kier molecular flexibility index (Phi) is 3.65. The molecular formula is C14H18N2O2. The predicted octanol–water partition coefficient (Wildman–Crippen LogP) is 2.09. The maximum atomic E-state index is 11.7. The number of hydrogen-bond donors (Lipinski definition) is 2. The molecule has 1 aliphatic carbocycles. The van der Waals surface area contributed by atoms with Crippen molar-refractivity contribution in [2.75, 3.05) is 11.9 Å². The zero-order valence-corrected chi connectivity index (χ0v) is 10.7. The van der Waals surface area contributed by atoms with Crippen molar-refractivity contribution in [2.45, 2.75) is 26.7 Å². The molecular weight excluding hydrogens is 228 g/mol. The fourth-order valence-electron chi connectivity index (χ4n) is 1.74. The van der Waals surface area contributed by atoms with E-state index in [2.05, 4.69) is 10.6 Å². The Balaban J connectivity index is 2.15. The molecule has 0 aliphatic heterocycles. The van der Waals surface area contributed by atoms with E-state index in [1.165, 1.54) is 0 Å². The average Bonchev–Trinajstić information content (AvgIpc) is 3.16. The lowest BCUT2D eigenvalue weighted by Gasteiger charge is -2.10. The Morgan fingerprint density at radius 1 is 1.33 bits per heavy atom. The monoisotopic (exact) mass is 246 g/mol. The van der Waals surface area contributed by atoms with Crippen LogP contribution in [0.25, 0.3) is 0 Å². The van der Waals surface area contributed by atoms with Crippen LogP contribution in [0.15, 0.2) is 18.2 Å². The molecule has 1 fully saturated rings. The quantitative estimate of drug-likeness (QED) is 0.854. The fraction of sp³-hybridized carbons (Fsp3) is 0.429. The largest absolute Gasteiger partial charge is 0.352 e. The van der Waals surface area contributed by atoms with E-state index in [0.29, 0.717) is 12.1 Å². The van der Waals surface area contributed by atoms with Gasteiger partial charge >= 0.3 is 0 Å². The van der Waals surface area contributed by atoms with E-state index < -0.39 is 0 Å². The highest BCUT2D eigenvalue weighted by Gasteiger charge is 2.29. The number of aryl methyl sites for hydroxylation is 1. The van der Waals surface area contributed by atoms with Gasteiger partial charge in [-0.1, -0.05) is 6.07 Å². The lowest BCUT2D eigenvalue weighted by molar-refractivity contribution is -0.117. The Hall–Kier alpha value is -1.84. The second kappa shape index (κ2) is 5.21. The third kappa shape index (κ3) is 2.88. The van der Waals surface area contributed by atoms with Crippen molar-refractivity contribution in [1.29, 1.82) is 0 Å². The fourth-order valence-corrected chi connectivity index (χ4v) is 1.74. The molecule has 1 aromatic carbocycles. The first-order chi connectivity index (χ1) is 8.61. The van der Waals surface area contributed by atoms with Crippen LogP contribution in [0.3, 0.4) is 0 Å². The number of benzene rings is 1. The van der Waals surface area contributed by atoms with Gasteiger partial charge in [0.05, 0.1) is 0 Å². The summed E-state index contributed by atoms with van der Waals surface area (Å²) in [4.78, 5) is 23.4. The molecule has 0 bridgehead atoms. The summed E-state index contributed by atoms with van der Waals surface area (Å²) in [5.41, 5.74) is 2.28. The van der Waals surface area contributed by atoms with Gasteiger partial charge in [-0.05, 0) is 44.4 Å². The molecule has 2 amide bonds. The van der Waals surface area contributed by atoms with Crippen LogP contribution in [0.5, 0.6) is 0 Å². The van der Waals surface area contributed by atoms with E-state index in [-0.39, 0.29) is 17.7 Å². The molecule has 4 nitrogen and oxygen atoms in total. The summed E-state index contributed by atoms with van der Waals surface area (Å²) in [5, 5.41) is 5.64. The van der Waals surface area contributed by atoms with Crippen molar-refractivity contribution in [2.24, 2.45) is 5.92 Å². The molecule has 4 heteroatoms. The third-order valence-electron chi connectivity index (χ3n) is 3.04. The Morgan fingerprint density at radius 2 is 2.06 bits per heavy atom. The van der Waals surface area contributed by atoms with Crippen LogP contribution in [-0.2, 0) is 4.79 Å². The maximum Gasteiger partial charge on any atom is 0.251 e. The minimum absolute atomic E-state index is 0.0612. The minimum Gasteiger partial charge on any atom is -0.352 e. The number of carbonyl (C=O) groups is 2. The highest BCUT2D eigenvalue weighted by atomic mass is 16.2. The Morgan fingerprint density at radius 3 is 2.67 bits per heavy atom. The van der Waals surface area contributed by atoms with Gasteiger partial charge in [-0.15, -0.1) is 0 Å². The van der Waals surface area contributed by atoms with E-state index in [1.807, 2.05) is 19.9 Å². The van der Waals surface area contributed by atoms with Crippen molar-refractivity contribution >= 4 is 17.5 Å². The molecule has 0 heterocycles. The molecule has 0 aromatic heterocycles. The molecule has 1 aliphatic rings. The summed E-state index contributed by atoms with van der Waals surface area (Å²) < 4.78 is 0. The van der Waals surface area contributed by atoms with E-state index in [9.17, 15) is 9.59 Å². The smallest absolute Gasteiger partial charge is 0.251 e. The zero-order valence-electron chi connectivity index (χ0n) is 10.7. The molecule has 0 saturated heterocycles. The first-order valence-corrected chi connectivity index (χ1v) is 6.31. The van der Waals surface area contributed by atoms with Gasteiger partial charge in [0, 0.05) is 23.7 Å². The standard InChI is InChI=1S/C14H18N2O2/c1-3-15-13(17)11-5-4-9(2)12(8-11)16-14(18)10-6-7-10/h4-5,8,10H,3,6-7H2,1-2H3,(H,15,17)(H,16,18). The second-order valence-electron chi connectivity index (χ2n) is 4.65. The molecule has 0 spiro atoms. The van der Waals surface area contributed by atoms with Crippen molar-refractivity contribution in [3.05, 3.63) is 29.3 Å². The summed E-state index contributed by atoms with van der Waals surface area (Å²) in [6, 6.07) is 5.36. The van der Waals surface area contributed by atoms with Gasteiger partial charge in [0.15, 0.2) is 0 Å². The van der Waals surface area contributed by atoms with Crippen LogP contribution in [0.4, 0.5) is 5.69 Å². The summed E-state index contributed by atoms with van der Waals surface area (Å²) in [6.07, 6.45) is 1.95. The number of hydrogen-bond acceptors (Lipinski definition) is 2. The summed E-state index contributed by atoms with van der Waals surface area (Å²) in [5.74, 6) is 0.114. The molecule has 2 rings (SSSR count). The lowest BCUT2D eigenvalue weighted by atomic mass is 10.1. The molecule has 18 heavy (non-hydrogen) atoms. The van der Waals surface area contributed by atoms with E-state index >= 15 is 0 Å². The predicted molar refractivity (Wildman–Crippen MR) is 70.5 cm³/mol. The van der Waals surface area contributed by atoms with Gasteiger partial charge in [-0.3, -0.25) is 9.59 Å². The number of carbonyl (C=O) groups excluding carboxylic acids is 2. The zero-order chi connectivity index (χ0) is 13.1. The van der Waals surface area contributed by atoms with Crippen LogP contribution >= 0.6 is 0 Å². The normalized spacial score (nSPS) is 14.1. The molecule has 0 atom stereocenters. The van der Waals surface area contributed by atoms with Gasteiger partial charge in [0.1, 0.15) is 0 Å². The van der Waals surface area contributed by atoms with Crippen molar-refractivity contribution in [1.82, 2.24) is 5.32 Å². The third-order valence-corrected chi connectivity index (χ3v) is 3.04. The van der Waals surface area contributed by atoms with Gasteiger partial charge in [0.25, 0.3) is 5.91 Å². The highest BCUT2D eigenvalue weighted by Crippen LogP contribution is 2.30. The van der Waals surface area contributed by atoms with Gasteiger partial charge in [-0.25, -0.2) is 0 Å². The topological polar surface area (TPSA) is 58.2 Å². The Labute approximate surface area is 107 Å². The van der Waals surface area contributed by atoms with Crippen molar-refractivity contribution in [3.63, 3.8) is 0 Å². The van der Waals surface area contributed by atoms with Crippen LogP contribution in [0, 0.1) is 12.8 Å². The molecule has 96 valence electrons. The first kappa shape index (κ1) is 12.6. The van der Waals surface area contributed by atoms with Crippen molar-refractivity contribution < 1.29 is 9.59 Å². The van der Waals surface area contributed by atoms with Crippen LogP contribution < -0.4 is 10.6 Å². The minimum atomic E-state index is -0.112. The highest BCUT2D eigenvalue weighted by molar-refractivity contribution is 5.98. The van der Waals surface area contributed by atoms with Crippen LogP contribution in [0.2, 0.25) is 0 Å². The number of anilines is 1. The van der Waals surface area contributed by atoms with Gasteiger partial charge in [0.2, 0.25) is 5.91 Å². The number of nitrogens with one attached hydrogen (secondary N) is 2. The molecule has 2 N–H and O–H groups in total. The summed E-state index contributed by atoms with van der Waals surface area (Å²) in [7, 11) is 0. The lowest BCUT2D eigenvalue weighted by Crippen LogP contribution is -2.23. The second-order valence-corrected chi connectivity index (χ2v) is 4.65. The van der Waals surface area contributed by atoms with Crippen LogP contribution in [-0.4, -0.2) is 18.4 Å². The molecule has 1 aromatic rings. The van der Waals surface area contributed by atoms with E-state index in [1.54, 1.807) is 12.1 Å². The summed E-state index contributed by atoms with van der Waals surface area (Å²) in [6.45, 7) is 4.39. The molecule has 1 saturated carbocycles. The number of rotatable bonds is 4. The molecule has 0 radical (unpaired) electrons. The van der Waals surface area contributed by atoms with Crippen molar-refractivity contribution in [3.8, 4) is 0 Å². The Bertz CT molecular complexity index is 479. The van der Waals surface area contributed by atoms with Crippen LogP contribution in [0.1, 0.15) is 35.7 Å². The van der Waals surface area contributed by atoms with E-state index in [0.717, 1.165) is 24.1 Å². The SMILES string of the molecule is CCNC(=O)c1ccc(C)c(NC(=O)C2CC2)c1. The summed E-state index contributed by atoms with van der Waals surface area (Å²) >= 11 is 0. The maximum absolute atomic E-state index is 11.7. The number of amides is 2. The van der Waals surface area contributed by atoms with E-state index in [4.69, 9.17) is 0 Å². The first-order valence-electron chi connectivity index (χ1n) is 6.31.